The number of benzene rings is 2. The number of nitrogens with one attached hydrogen (secondary N) is 1. The topological polar surface area (TPSA) is 32.3 Å². The number of hydrogen-bond acceptors (Lipinski definition) is 2. The first-order valence-electron chi connectivity index (χ1n) is 6.91. The van der Waals surface area contributed by atoms with E-state index < -0.39 is 17.6 Å². The minimum absolute atomic E-state index is 0.226. The molecule has 0 fully saturated rings. The second-order valence-electron chi connectivity index (χ2n) is 4.94. The molecule has 1 amide bonds. The Morgan fingerprint density at radius 3 is 2.46 bits per heavy atom. The number of carbonyl (C=O) groups is 1. The van der Waals surface area contributed by atoms with Crippen molar-refractivity contribution in [2.24, 2.45) is 0 Å². The third-order valence-corrected chi connectivity index (χ3v) is 3.47. The molecule has 126 valence electrons. The van der Waals surface area contributed by atoms with Crippen LogP contribution >= 0.6 is 11.6 Å². The molecule has 0 atom stereocenters. The van der Waals surface area contributed by atoms with Gasteiger partial charge in [-0.15, -0.1) is 0 Å². The smallest absolute Gasteiger partial charge is 0.288 e. The first-order chi connectivity index (χ1) is 11.3. The number of anilines is 1. The van der Waals surface area contributed by atoms with E-state index in [1.807, 2.05) is 18.2 Å². The zero-order chi connectivity index (χ0) is 17.7. The molecule has 0 aromatic heterocycles. The lowest BCUT2D eigenvalue weighted by molar-refractivity contribution is -0.137. The highest BCUT2D eigenvalue weighted by Crippen LogP contribution is 2.35. The number of hydrogen-bond donors (Lipinski definition) is 1. The molecule has 2 aromatic rings. The van der Waals surface area contributed by atoms with Crippen LogP contribution in [0.4, 0.5) is 18.9 Å². The molecule has 0 spiro atoms. The van der Waals surface area contributed by atoms with Crippen molar-refractivity contribution in [2.45, 2.75) is 6.18 Å². The average Bonchev–Trinajstić information content (AvgIpc) is 2.53. The molecule has 3 nitrogen and oxygen atoms in total. The predicted molar refractivity (Wildman–Crippen MR) is 88.5 cm³/mol. The van der Waals surface area contributed by atoms with Gasteiger partial charge in [-0.05, 0) is 35.9 Å². The fraction of sp³-hybridized carbons (Fsp3) is 0.118. The Kier molecular flexibility index (Phi) is 5.51. The fourth-order valence-corrected chi connectivity index (χ4v) is 2.18. The summed E-state index contributed by atoms with van der Waals surface area (Å²) < 4.78 is 38.4. The van der Waals surface area contributed by atoms with E-state index in [0.29, 0.717) is 0 Å². The third kappa shape index (κ3) is 4.76. The van der Waals surface area contributed by atoms with E-state index in [1.165, 1.54) is 17.2 Å². The van der Waals surface area contributed by atoms with Gasteiger partial charge in [0, 0.05) is 13.1 Å². The van der Waals surface area contributed by atoms with Crippen molar-refractivity contribution in [1.82, 2.24) is 5.43 Å². The molecule has 0 heterocycles. The van der Waals surface area contributed by atoms with Gasteiger partial charge in [-0.1, -0.05) is 35.9 Å². The van der Waals surface area contributed by atoms with Crippen LogP contribution in [0, 0.1) is 0 Å². The summed E-state index contributed by atoms with van der Waals surface area (Å²) in [5.41, 5.74) is 2.64. The van der Waals surface area contributed by atoms with Gasteiger partial charge in [0.2, 0.25) is 0 Å². The van der Waals surface area contributed by atoms with E-state index in [1.54, 1.807) is 19.2 Å². The van der Waals surface area contributed by atoms with E-state index >= 15 is 0 Å². The molecule has 0 radical (unpaired) electrons. The van der Waals surface area contributed by atoms with Crippen LogP contribution in [0.15, 0.2) is 54.6 Å². The number of halogens is 4. The maximum Gasteiger partial charge on any atom is 0.417 e. The van der Waals surface area contributed by atoms with Crippen LogP contribution in [0.25, 0.3) is 6.08 Å². The van der Waals surface area contributed by atoms with E-state index in [4.69, 9.17) is 11.6 Å². The van der Waals surface area contributed by atoms with Gasteiger partial charge in [-0.2, -0.15) is 13.2 Å². The molecule has 2 rings (SSSR count). The van der Waals surface area contributed by atoms with Crippen molar-refractivity contribution in [3.63, 3.8) is 0 Å². The van der Waals surface area contributed by atoms with Crippen molar-refractivity contribution in [1.29, 1.82) is 0 Å². The van der Waals surface area contributed by atoms with Crippen molar-refractivity contribution in [2.75, 3.05) is 12.1 Å². The Morgan fingerprint density at radius 1 is 1.17 bits per heavy atom. The first-order valence-corrected chi connectivity index (χ1v) is 7.29. The van der Waals surface area contributed by atoms with Crippen molar-refractivity contribution in [3.8, 4) is 0 Å². The average molecular weight is 355 g/mol. The normalized spacial score (nSPS) is 11.5. The van der Waals surface area contributed by atoms with E-state index in [0.717, 1.165) is 23.9 Å². The minimum Gasteiger partial charge on any atom is -0.288 e. The molecular formula is C17H14ClF3N2O. The van der Waals surface area contributed by atoms with Crippen molar-refractivity contribution >= 4 is 29.3 Å². The van der Waals surface area contributed by atoms with Gasteiger partial charge in [-0.25, -0.2) is 0 Å². The molecule has 1 N–H and O–H groups in total. The summed E-state index contributed by atoms with van der Waals surface area (Å²) in [7, 11) is 1.66. The van der Waals surface area contributed by atoms with Gasteiger partial charge >= 0.3 is 6.18 Å². The van der Waals surface area contributed by atoms with Crippen LogP contribution < -0.4 is 10.4 Å². The highest BCUT2D eigenvalue weighted by molar-refractivity contribution is 6.31. The summed E-state index contributed by atoms with van der Waals surface area (Å²) in [6.07, 6.45) is -2.10. The summed E-state index contributed by atoms with van der Waals surface area (Å²) in [5.74, 6) is -0.468. The first kappa shape index (κ1) is 17.9. The zero-order valence-electron chi connectivity index (χ0n) is 12.6. The Hall–Kier alpha value is -2.47. The monoisotopic (exact) mass is 354 g/mol. The second-order valence-corrected chi connectivity index (χ2v) is 5.35. The van der Waals surface area contributed by atoms with Gasteiger partial charge in [0.1, 0.15) is 0 Å². The number of carbonyl (C=O) groups excluding carboxylic acids is 1. The van der Waals surface area contributed by atoms with E-state index in [9.17, 15) is 18.0 Å². The number of para-hydroxylation sites is 1. The van der Waals surface area contributed by atoms with Crippen LogP contribution in [0.2, 0.25) is 5.02 Å². The van der Waals surface area contributed by atoms with Gasteiger partial charge < -0.3 is 0 Å². The van der Waals surface area contributed by atoms with Crippen LogP contribution in [-0.2, 0) is 11.0 Å². The lowest BCUT2D eigenvalue weighted by Gasteiger charge is -2.19. The quantitative estimate of drug-likeness (QED) is 0.646. The summed E-state index contributed by atoms with van der Waals surface area (Å²) in [5, 5.41) is 1.13. The largest absolute Gasteiger partial charge is 0.417 e. The van der Waals surface area contributed by atoms with Crippen LogP contribution in [0.3, 0.4) is 0 Å². The van der Waals surface area contributed by atoms with E-state index in [-0.39, 0.29) is 10.6 Å². The molecule has 0 aliphatic carbocycles. The van der Waals surface area contributed by atoms with Crippen LogP contribution in [0.1, 0.15) is 11.1 Å². The summed E-state index contributed by atoms with van der Waals surface area (Å²) in [4.78, 5) is 11.9. The summed E-state index contributed by atoms with van der Waals surface area (Å²) >= 11 is 5.55. The Bertz CT molecular complexity index is 745. The van der Waals surface area contributed by atoms with Crippen molar-refractivity contribution in [3.05, 3.63) is 70.8 Å². The number of alkyl halides is 3. The molecule has 7 heteroatoms. The highest BCUT2D eigenvalue weighted by Gasteiger charge is 2.33. The molecule has 2 aromatic carbocycles. The van der Waals surface area contributed by atoms with Gasteiger partial charge in [0.15, 0.2) is 0 Å². The molecule has 0 unspecified atom stereocenters. The number of amides is 1. The molecular weight excluding hydrogens is 341 g/mol. The van der Waals surface area contributed by atoms with Crippen LogP contribution in [0.5, 0.6) is 0 Å². The maximum absolute atomic E-state index is 12.8. The molecule has 0 aliphatic heterocycles. The fourth-order valence-electron chi connectivity index (χ4n) is 1.95. The lowest BCUT2D eigenvalue weighted by Crippen LogP contribution is -2.38. The van der Waals surface area contributed by atoms with Gasteiger partial charge in [-0.3, -0.25) is 15.2 Å². The highest BCUT2D eigenvalue weighted by atomic mass is 35.5. The Balaban J connectivity index is 2.07. The summed E-state index contributed by atoms with van der Waals surface area (Å²) in [6, 6.07) is 12.5. The SMILES string of the molecule is CN(NC(=O)/C=C/c1ccc(Cl)c(C(F)(F)F)c1)c1ccccc1. The van der Waals surface area contributed by atoms with E-state index in [2.05, 4.69) is 5.43 Å². The van der Waals surface area contributed by atoms with Gasteiger partial charge in [0.25, 0.3) is 5.91 Å². The lowest BCUT2D eigenvalue weighted by atomic mass is 10.1. The molecule has 24 heavy (non-hydrogen) atoms. The maximum atomic E-state index is 12.8. The van der Waals surface area contributed by atoms with Crippen LogP contribution in [-0.4, -0.2) is 13.0 Å². The van der Waals surface area contributed by atoms with Gasteiger partial charge in [0.05, 0.1) is 16.3 Å². The zero-order valence-corrected chi connectivity index (χ0v) is 13.4. The number of hydrazine groups is 1. The molecule has 0 saturated carbocycles. The third-order valence-electron chi connectivity index (χ3n) is 3.14. The summed E-state index contributed by atoms with van der Waals surface area (Å²) in [6.45, 7) is 0. The molecule has 0 bridgehead atoms. The predicted octanol–water partition coefficient (Wildman–Crippen LogP) is 4.54. The molecule has 0 aliphatic rings. The number of rotatable bonds is 4. The molecule has 0 saturated heterocycles. The Labute approximate surface area is 142 Å². The number of nitrogens with zero attached hydrogens (tertiary/aromatic N) is 1. The Morgan fingerprint density at radius 2 is 1.83 bits per heavy atom. The standard InChI is InChI=1S/C17H14ClF3N2O/c1-23(13-5-3-2-4-6-13)22-16(24)10-8-12-7-9-15(18)14(11-12)17(19,20)21/h2-11H,1H3,(H,22,24)/b10-8+. The second kappa shape index (κ2) is 7.40. The van der Waals surface area contributed by atoms with Crippen molar-refractivity contribution < 1.29 is 18.0 Å². The minimum atomic E-state index is -4.54.